The van der Waals surface area contributed by atoms with Gasteiger partial charge in [-0.05, 0) is 19.1 Å². The summed E-state index contributed by atoms with van der Waals surface area (Å²) < 4.78 is 1.27. The van der Waals surface area contributed by atoms with Gasteiger partial charge in [-0.15, -0.1) is 10.2 Å². The van der Waals surface area contributed by atoms with Gasteiger partial charge in [0.1, 0.15) is 10.7 Å². The summed E-state index contributed by atoms with van der Waals surface area (Å²) in [5, 5.41) is 12.7. The summed E-state index contributed by atoms with van der Waals surface area (Å²) in [6.45, 7) is 1.61. The smallest absolute Gasteiger partial charge is 0.296 e. The highest BCUT2D eigenvalue weighted by atomic mass is 32.1. The number of aryl methyl sites for hydroxylation is 1. The minimum absolute atomic E-state index is 0.244. The zero-order valence-corrected chi connectivity index (χ0v) is 10.3. The molecule has 6 nitrogen and oxygen atoms in total. The SMILES string of the molecule is Cc1nnc2sc(-c3cccc(N)c3)nn2c1=O. The summed E-state index contributed by atoms with van der Waals surface area (Å²) in [6, 6.07) is 7.34. The van der Waals surface area contributed by atoms with Crippen molar-refractivity contribution in [3.63, 3.8) is 0 Å². The van der Waals surface area contributed by atoms with Crippen LogP contribution in [0.2, 0.25) is 0 Å². The Kier molecular flexibility index (Phi) is 2.34. The normalized spacial score (nSPS) is 10.9. The number of rotatable bonds is 1. The second kappa shape index (κ2) is 3.88. The molecule has 3 aromatic rings. The Balaban J connectivity index is 2.26. The fraction of sp³-hybridized carbons (Fsp3) is 0.0909. The fourth-order valence-corrected chi connectivity index (χ4v) is 2.41. The van der Waals surface area contributed by atoms with E-state index < -0.39 is 0 Å². The highest BCUT2D eigenvalue weighted by Crippen LogP contribution is 2.25. The van der Waals surface area contributed by atoms with Gasteiger partial charge in [0.05, 0.1) is 0 Å². The molecule has 0 unspecified atom stereocenters. The van der Waals surface area contributed by atoms with Crippen LogP contribution in [-0.2, 0) is 0 Å². The van der Waals surface area contributed by atoms with Gasteiger partial charge >= 0.3 is 0 Å². The van der Waals surface area contributed by atoms with Crippen LogP contribution in [0.25, 0.3) is 15.5 Å². The molecule has 18 heavy (non-hydrogen) atoms. The number of hydrogen-bond donors (Lipinski definition) is 1. The lowest BCUT2D eigenvalue weighted by Crippen LogP contribution is -2.19. The highest BCUT2D eigenvalue weighted by molar-refractivity contribution is 7.19. The Morgan fingerprint density at radius 3 is 2.94 bits per heavy atom. The Hall–Kier alpha value is -2.28. The molecule has 3 rings (SSSR count). The Morgan fingerprint density at radius 2 is 2.17 bits per heavy atom. The second-order valence-electron chi connectivity index (χ2n) is 3.82. The van der Waals surface area contributed by atoms with Gasteiger partial charge in [0.15, 0.2) is 0 Å². The largest absolute Gasteiger partial charge is 0.399 e. The molecule has 2 aromatic heterocycles. The lowest BCUT2D eigenvalue weighted by atomic mass is 10.2. The van der Waals surface area contributed by atoms with Crippen molar-refractivity contribution < 1.29 is 0 Å². The number of anilines is 1. The average Bonchev–Trinajstić information content (AvgIpc) is 2.79. The van der Waals surface area contributed by atoms with E-state index in [0.717, 1.165) is 5.56 Å². The molecular formula is C11H9N5OS. The average molecular weight is 259 g/mol. The van der Waals surface area contributed by atoms with Crippen LogP contribution >= 0.6 is 11.3 Å². The molecule has 0 atom stereocenters. The van der Waals surface area contributed by atoms with E-state index >= 15 is 0 Å². The van der Waals surface area contributed by atoms with E-state index in [1.54, 1.807) is 13.0 Å². The van der Waals surface area contributed by atoms with Crippen molar-refractivity contribution in [3.05, 3.63) is 40.3 Å². The quantitative estimate of drug-likeness (QED) is 0.661. The van der Waals surface area contributed by atoms with Crippen molar-refractivity contribution in [1.29, 1.82) is 0 Å². The molecule has 7 heteroatoms. The van der Waals surface area contributed by atoms with Crippen molar-refractivity contribution in [2.24, 2.45) is 0 Å². The van der Waals surface area contributed by atoms with E-state index in [1.807, 2.05) is 18.2 Å². The molecule has 0 aliphatic heterocycles. The van der Waals surface area contributed by atoms with Gasteiger partial charge in [-0.1, -0.05) is 23.5 Å². The van der Waals surface area contributed by atoms with Gasteiger partial charge in [-0.2, -0.15) is 9.61 Å². The lowest BCUT2D eigenvalue weighted by molar-refractivity contribution is 0.829. The minimum Gasteiger partial charge on any atom is -0.399 e. The first-order chi connectivity index (χ1) is 8.65. The van der Waals surface area contributed by atoms with Crippen LogP contribution in [-0.4, -0.2) is 19.8 Å². The van der Waals surface area contributed by atoms with Crippen LogP contribution in [0, 0.1) is 6.92 Å². The molecule has 0 saturated carbocycles. The molecule has 0 amide bonds. The minimum atomic E-state index is -0.244. The number of nitrogens with two attached hydrogens (primary N) is 1. The van der Waals surface area contributed by atoms with Crippen LogP contribution in [0.15, 0.2) is 29.1 Å². The molecule has 2 N–H and O–H groups in total. The first-order valence-corrected chi connectivity index (χ1v) is 6.06. The van der Waals surface area contributed by atoms with Gasteiger partial charge in [0.25, 0.3) is 5.56 Å². The van der Waals surface area contributed by atoms with Gasteiger partial charge in [-0.3, -0.25) is 4.79 Å². The first-order valence-electron chi connectivity index (χ1n) is 5.24. The van der Waals surface area contributed by atoms with Gasteiger partial charge in [0.2, 0.25) is 4.96 Å². The predicted octanol–water partition coefficient (Wildman–Crippen LogP) is 1.10. The molecule has 0 aliphatic carbocycles. The molecule has 0 fully saturated rings. The molecule has 1 aromatic carbocycles. The molecule has 0 saturated heterocycles. The first kappa shape index (κ1) is 10.8. The van der Waals surface area contributed by atoms with Crippen LogP contribution in [0.5, 0.6) is 0 Å². The van der Waals surface area contributed by atoms with Crippen LogP contribution in [0.1, 0.15) is 5.69 Å². The highest BCUT2D eigenvalue weighted by Gasteiger charge is 2.10. The molecule has 2 heterocycles. The van der Waals surface area contributed by atoms with E-state index in [4.69, 9.17) is 5.73 Å². The Morgan fingerprint density at radius 1 is 1.33 bits per heavy atom. The number of benzene rings is 1. The maximum Gasteiger partial charge on any atom is 0.296 e. The van der Waals surface area contributed by atoms with Crippen LogP contribution < -0.4 is 11.3 Å². The third-order valence-corrected chi connectivity index (χ3v) is 3.43. The molecule has 0 bridgehead atoms. The second-order valence-corrected chi connectivity index (χ2v) is 4.77. The predicted molar refractivity (Wildman–Crippen MR) is 69.5 cm³/mol. The van der Waals surface area contributed by atoms with Crippen molar-refractivity contribution in [3.8, 4) is 10.6 Å². The van der Waals surface area contributed by atoms with E-state index in [0.29, 0.717) is 21.3 Å². The molecule has 0 aliphatic rings. The van der Waals surface area contributed by atoms with Crippen molar-refractivity contribution in [1.82, 2.24) is 19.8 Å². The zero-order chi connectivity index (χ0) is 12.7. The molecule has 0 spiro atoms. The monoisotopic (exact) mass is 259 g/mol. The maximum absolute atomic E-state index is 11.8. The summed E-state index contributed by atoms with van der Waals surface area (Å²) in [4.78, 5) is 12.3. The third-order valence-electron chi connectivity index (χ3n) is 2.48. The molecule has 90 valence electrons. The van der Waals surface area contributed by atoms with E-state index in [1.165, 1.54) is 15.9 Å². The van der Waals surface area contributed by atoms with Crippen molar-refractivity contribution in [2.45, 2.75) is 6.92 Å². The summed E-state index contributed by atoms with van der Waals surface area (Å²) in [7, 11) is 0. The summed E-state index contributed by atoms with van der Waals surface area (Å²) in [5.74, 6) is 0. The van der Waals surface area contributed by atoms with Gasteiger partial charge in [0, 0.05) is 11.3 Å². The van der Waals surface area contributed by atoms with Gasteiger partial charge < -0.3 is 5.73 Å². The number of nitrogens with zero attached hydrogens (tertiary/aromatic N) is 4. The Bertz CT molecular complexity index is 791. The third kappa shape index (κ3) is 1.65. The Labute approximate surface area is 106 Å². The maximum atomic E-state index is 11.8. The summed E-state index contributed by atoms with van der Waals surface area (Å²) in [6.07, 6.45) is 0. The zero-order valence-electron chi connectivity index (χ0n) is 9.49. The lowest BCUT2D eigenvalue weighted by Gasteiger charge is -1.96. The van der Waals surface area contributed by atoms with Crippen LogP contribution in [0.4, 0.5) is 5.69 Å². The van der Waals surface area contributed by atoms with E-state index in [2.05, 4.69) is 15.3 Å². The summed E-state index contributed by atoms with van der Waals surface area (Å²) in [5.41, 5.74) is 7.33. The number of fused-ring (bicyclic) bond motifs is 1. The van der Waals surface area contributed by atoms with E-state index in [-0.39, 0.29) is 5.56 Å². The van der Waals surface area contributed by atoms with Gasteiger partial charge in [-0.25, -0.2) is 0 Å². The topological polar surface area (TPSA) is 86.2 Å². The standard InChI is InChI=1S/C11H9N5OS/c1-6-10(17)16-11(14-13-6)18-9(15-16)7-3-2-4-8(12)5-7/h2-5H,12H2,1H3. The fourth-order valence-electron chi connectivity index (χ4n) is 1.58. The van der Waals surface area contributed by atoms with Crippen molar-refractivity contribution in [2.75, 3.05) is 5.73 Å². The number of aromatic nitrogens is 4. The number of hydrogen-bond acceptors (Lipinski definition) is 6. The molecular weight excluding hydrogens is 250 g/mol. The summed E-state index contributed by atoms with van der Waals surface area (Å²) >= 11 is 1.30. The van der Waals surface area contributed by atoms with Crippen molar-refractivity contribution >= 4 is 22.0 Å². The van der Waals surface area contributed by atoms with E-state index in [9.17, 15) is 4.79 Å². The molecule has 0 radical (unpaired) electrons. The van der Waals surface area contributed by atoms with Crippen LogP contribution in [0.3, 0.4) is 0 Å². The number of nitrogen functional groups attached to an aromatic ring is 1.